The molecule has 33 heavy (non-hydrogen) atoms. The molecule has 0 radical (unpaired) electrons. The third-order valence-electron chi connectivity index (χ3n) is 6.70. The van der Waals surface area contributed by atoms with Gasteiger partial charge in [-0.3, -0.25) is 0 Å². The maximum atomic E-state index is 9.61. The van der Waals surface area contributed by atoms with Crippen molar-refractivity contribution < 1.29 is 15.8 Å². The molecular formula is C30H34NOSi+. The summed E-state index contributed by atoms with van der Waals surface area (Å²) in [5.74, 6) is -0.768. The van der Waals surface area contributed by atoms with Crippen LogP contribution in [0.4, 0.5) is 0 Å². The van der Waals surface area contributed by atoms with Crippen LogP contribution in [0.5, 0.6) is 0 Å². The van der Waals surface area contributed by atoms with Gasteiger partial charge in [0.1, 0.15) is 18.2 Å². The molecule has 0 bridgehead atoms. The number of benzene rings is 3. The standard InChI is InChI=1S/C30H34NOSi/c1-18(2)21-13-14-25-24(16-21)28(33(6,7)8)17-26(31(25)5)29-20(4)19(3)15-23-22-11-9-10-12-27(22)32-30(23)29/h9-18H,1-8H3/q+1/i3D3,17D,18D. The molecule has 0 saturated heterocycles. The second kappa shape index (κ2) is 7.56. The first-order chi connectivity index (χ1) is 17.5. The van der Waals surface area contributed by atoms with Crippen molar-refractivity contribution >= 4 is 46.1 Å². The predicted molar refractivity (Wildman–Crippen MR) is 144 cm³/mol. The molecule has 0 amide bonds. The molecule has 5 rings (SSSR count). The molecule has 0 aliphatic heterocycles. The summed E-state index contributed by atoms with van der Waals surface area (Å²) < 4.78 is 51.5. The molecule has 5 aromatic rings. The third-order valence-corrected chi connectivity index (χ3v) is 8.59. The van der Waals surface area contributed by atoms with Gasteiger partial charge < -0.3 is 4.42 Å². The topological polar surface area (TPSA) is 17.0 Å². The van der Waals surface area contributed by atoms with Crippen LogP contribution in [0.25, 0.3) is 44.1 Å². The fraction of sp³-hybridized carbons (Fsp3) is 0.300. The van der Waals surface area contributed by atoms with E-state index < -0.39 is 20.8 Å². The van der Waals surface area contributed by atoms with Crippen LogP contribution in [0.2, 0.25) is 19.6 Å². The van der Waals surface area contributed by atoms with Crippen molar-refractivity contribution in [3.63, 3.8) is 0 Å². The lowest BCUT2D eigenvalue weighted by Gasteiger charge is -2.21. The molecule has 0 aliphatic rings. The van der Waals surface area contributed by atoms with E-state index in [2.05, 4.69) is 25.7 Å². The van der Waals surface area contributed by atoms with Crippen molar-refractivity contribution in [3.8, 4) is 11.3 Å². The summed E-state index contributed by atoms with van der Waals surface area (Å²) in [6, 6.07) is 15.9. The molecule has 2 nitrogen and oxygen atoms in total. The summed E-state index contributed by atoms with van der Waals surface area (Å²) in [6.45, 7) is 9.94. The zero-order valence-electron chi connectivity index (χ0n) is 25.5. The summed E-state index contributed by atoms with van der Waals surface area (Å²) in [4.78, 5) is 0. The number of rotatable bonds is 3. The highest BCUT2D eigenvalue weighted by Crippen LogP contribution is 2.39. The summed E-state index contributed by atoms with van der Waals surface area (Å²) in [6.07, 6.45) is 0. The molecule has 3 aromatic carbocycles. The maximum Gasteiger partial charge on any atom is 0.216 e. The van der Waals surface area contributed by atoms with Gasteiger partial charge in [-0.15, -0.1) is 0 Å². The van der Waals surface area contributed by atoms with Crippen molar-refractivity contribution in [1.82, 2.24) is 0 Å². The molecule has 3 heteroatoms. The molecule has 0 saturated carbocycles. The summed E-state index contributed by atoms with van der Waals surface area (Å²) in [5, 5.41) is 3.59. The number of hydrogen-bond acceptors (Lipinski definition) is 1. The summed E-state index contributed by atoms with van der Waals surface area (Å²) in [7, 11) is -0.147. The van der Waals surface area contributed by atoms with Crippen LogP contribution in [-0.2, 0) is 7.05 Å². The first-order valence-electron chi connectivity index (χ1n) is 13.9. The van der Waals surface area contributed by atoms with Crippen molar-refractivity contribution in [1.29, 1.82) is 0 Å². The minimum atomic E-state index is -2.32. The van der Waals surface area contributed by atoms with Gasteiger partial charge in [-0.25, -0.2) is 0 Å². The van der Waals surface area contributed by atoms with Gasteiger partial charge >= 0.3 is 0 Å². The molecule has 2 aromatic heterocycles. The van der Waals surface area contributed by atoms with E-state index in [1.165, 1.54) is 0 Å². The molecule has 0 fully saturated rings. The Hall–Kier alpha value is -2.91. The van der Waals surface area contributed by atoms with E-state index in [9.17, 15) is 1.37 Å². The van der Waals surface area contributed by atoms with Crippen molar-refractivity contribution in [2.45, 2.75) is 53.2 Å². The quantitative estimate of drug-likeness (QED) is 0.202. The van der Waals surface area contributed by atoms with Gasteiger partial charge in [0, 0.05) is 33.8 Å². The number of furan rings is 1. The normalized spacial score (nSPS) is 15.4. The molecule has 2 heterocycles. The van der Waals surface area contributed by atoms with Crippen LogP contribution in [0.3, 0.4) is 0 Å². The Morgan fingerprint density at radius 1 is 1.03 bits per heavy atom. The maximum absolute atomic E-state index is 9.61. The third kappa shape index (κ3) is 3.41. The van der Waals surface area contributed by atoms with Gasteiger partial charge in [-0.1, -0.05) is 57.8 Å². The lowest BCUT2D eigenvalue weighted by molar-refractivity contribution is -0.633. The van der Waals surface area contributed by atoms with Crippen LogP contribution in [0.1, 0.15) is 43.3 Å². The lowest BCUT2D eigenvalue weighted by Crippen LogP contribution is -2.43. The highest BCUT2D eigenvalue weighted by atomic mass is 28.3. The van der Waals surface area contributed by atoms with Crippen LogP contribution in [0.15, 0.2) is 59.0 Å². The number of aromatic nitrogens is 1. The van der Waals surface area contributed by atoms with E-state index in [1.807, 2.05) is 68.8 Å². The van der Waals surface area contributed by atoms with Gasteiger partial charge in [0.15, 0.2) is 0 Å². The summed E-state index contributed by atoms with van der Waals surface area (Å²) >= 11 is 0. The smallest absolute Gasteiger partial charge is 0.216 e. The average Bonchev–Trinajstić information content (AvgIpc) is 3.16. The van der Waals surface area contributed by atoms with Crippen molar-refractivity contribution in [2.75, 3.05) is 0 Å². The number of aryl methyl sites for hydroxylation is 2. The molecule has 0 spiro atoms. The van der Waals surface area contributed by atoms with E-state index in [4.69, 9.17) is 9.90 Å². The SMILES string of the molecule is [2H]c1c([Si](C)(C)C)c2cc(C([2H])(C)C)ccc2[n+](C)c1-c1c(C)c(C([2H])([2H])[2H])cc2c1oc1ccccc12. The zero-order chi connectivity index (χ0) is 27.9. The van der Waals surface area contributed by atoms with Gasteiger partial charge in [0.25, 0.3) is 0 Å². The van der Waals surface area contributed by atoms with Crippen LogP contribution in [0, 0.1) is 13.8 Å². The van der Waals surface area contributed by atoms with E-state index in [0.717, 1.165) is 32.4 Å². The minimum absolute atomic E-state index is 0.270. The first kappa shape index (κ1) is 16.7. The Morgan fingerprint density at radius 2 is 1.79 bits per heavy atom. The summed E-state index contributed by atoms with van der Waals surface area (Å²) in [5.41, 5.74) is 5.32. The Kier molecular flexibility index (Phi) is 3.82. The second-order valence-corrected chi connectivity index (χ2v) is 15.3. The van der Waals surface area contributed by atoms with Gasteiger partial charge in [0.2, 0.25) is 11.2 Å². The fourth-order valence-corrected chi connectivity index (χ4v) is 6.29. The number of hydrogen-bond donors (Lipinski definition) is 0. The molecule has 0 aliphatic carbocycles. The van der Waals surface area contributed by atoms with Crippen LogP contribution < -0.4 is 9.75 Å². The Balaban J connectivity index is 2.02. The number of fused-ring (bicyclic) bond motifs is 4. The van der Waals surface area contributed by atoms with E-state index >= 15 is 0 Å². The number of pyridine rings is 1. The molecule has 168 valence electrons. The largest absolute Gasteiger partial charge is 0.455 e. The Morgan fingerprint density at radius 3 is 2.48 bits per heavy atom. The fourth-order valence-electron chi connectivity index (χ4n) is 4.79. The monoisotopic (exact) mass is 457 g/mol. The average molecular weight is 458 g/mol. The van der Waals surface area contributed by atoms with Crippen molar-refractivity contribution in [3.05, 3.63) is 71.3 Å². The van der Waals surface area contributed by atoms with Gasteiger partial charge in [-0.05, 0) is 59.7 Å². The molecule has 0 atom stereocenters. The molecule has 0 N–H and O–H groups in total. The molecule has 0 unspecified atom stereocenters. The number of para-hydroxylation sites is 1. The predicted octanol–water partition coefficient (Wildman–Crippen LogP) is 7.52. The number of nitrogens with zero attached hydrogens (tertiary/aromatic N) is 1. The van der Waals surface area contributed by atoms with E-state index in [0.29, 0.717) is 34.0 Å². The second-order valence-electron chi connectivity index (χ2n) is 10.3. The van der Waals surface area contributed by atoms with Crippen molar-refractivity contribution in [2.24, 2.45) is 7.05 Å². The first-order valence-corrected chi connectivity index (χ1v) is 14.9. The van der Waals surface area contributed by atoms with Crippen LogP contribution >= 0.6 is 0 Å². The van der Waals surface area contributed by atoms with Gasteiger partial charge in [-0.2, -0.15) is 4.57 Å². The minimum Gasteiger partial charge on any atom is -0.455 e. The molecular weight excluding hydrogens is 418 g/mol. The van der Waals surface area contributed by atoms with Gasteiger partial charge in [0.05, 0.1) is 15.0 Å². The Labute approximate surface area is 204 Å². The highest BCUT2D eigenvalue weighted by molar-refractivity contribution is 6.90. The van der Waals surface area contributed by atoms with E-state index in [1.54, 1.807) is 6.07 Å². The Bertz CT molecular complexity index is 1750. The lowest BCUT2D eigenvalue weighted by atomic mass is 9.95. The van der Waals surface area contributed by atoms with Crippen LogP contribution in [-0.4, -0.2) is 8.07 Å². The zero-order valence-corrected chi connectivity index (χ0v) is 21.5. The highest BCUT2D eigenvalue weighted by Gasteiger charge is 2.29. The van der Waals surface area contributed by atoms with E-state index in [-0.39, 0.29) is 5.56 Å².